The Bertz CT molecular complexity index is 539. The molecule has 0 aliphatic carbocycles. The number of hydrogen-bond donors (Lipinski definition) is 1. The van der Waals surface area contributed by atoms with E-state index in [1.54, 1.807) is 0 Å². The highest BCUT2D eigenvalue weighted by Crippen LogP contribution is 2.35. The standard InChI is InChI=1S/C17H22BrN3/c1-2-7-21(15-9-13-4-5-14(10-15)20-13)17-6-3-12(11-19)8-16(17)18/h3,6,8,13-15,20H,2,4-5,7,9-10H2,1H3. The lowest BCUT2D eigenvalue weighted by Gasteiger charge is -2.39. The first-order chi connectivity index (χ1) is 10.2. The van der Waals surface area contributed by atoms with E-state index < -0.39 is 0 Å². The zero-order valence-corrected chi connectivity index (χ0v) is 14.1. The molecule has 4 heteroatoms. The van der Waals surface area contributed by atoms with E-state index in [0.717, 1.165) is 17.4 Å². The van der Waals surface area contributed by atoms with Crippen LogP contribution < -0.4 is 10.2 Å². The zero-order valence-electron chi connectivity index (χ0n) is 12.5. The summed E-state index contributed by atoms with van der Waals surface area (Å²) >= 11 is 3.66. The van der Waals surface area contributed by atoms with Crippen LogP contribution in [-0.4, -0.2) is 24.7 Å². The van der Waals surface area contributed by atoms with Crippen LogP contribution in [0.2, 0.25) is 0 Å². The zero-order chi connectivity index (χ0) is 14.8. The molecule has 1 aromatic carbocycles. The van der Waals surface area contributed by atoms with Gasteiger partial charge in [0.1, 0.15) is 0 Å². The number of halogens is 1. The first-order valence-corrected chi connectivity index (χ1v) is 8.73. The Hall–Kier alpha value is -1.05. The van der Waals surface area contributed by atoms with Gasteiger partial charge in [-0.1, -0.05) is 6.92 Å². The lowest BCUT2D eigenvalue weighted by Crippen LogP contribution is -2.48. The van der Waals surface area contributed by atoms with Crippen molar-refractivity contribution in [2.45, 2.75) is 57.2 Å². The Kier molecular flexibility index (Phi) is 4.51. The summed E-state index contributed by atoms with van der Waals surface area (Å²) in [4.78, 5) is 2.55. The van der Waals surface area contributed by atoms with Crippen molar-refractivity contribution in [2.75, 3.05) is 11.4 Å². The second kappa shape index (κ2) is 6.37. The van der Waals surface area contributed by atoms with Crippen LogP contribution in [-0.2, 0) is 0 Å². The van der Waals surface area contributed by atoms with Crippen LogP contribution in [0.1, 0.15) is 44.6 Å². The fraction of sp³-hybridized carbons (Fsp3) is 0.588. The fourth-order valence-electron chi connectivity index (χ4n) is 3.83. The van der Waals surface area contributed by atoms with Gasteiger partial charge in [0.15, 0.2) is 0 Å². The number of fused-ring (bicyclic) bond motifs is 2. The van der Waals surface area contributed by atoms with E-state index in [1.807, 2.05) is 12.1 Å². The first-order valence-electron chi connectivity index (χ1n) is 7.93. The predicted octanol–water partition coefficient (Wildman–Crippen LogP) is 3.82. The minimum atomic E-state index is 0.618. The summed E-state index contributed by atoms with van der Waals surface area (Å²) in [5.41, 5.74) is 1.95. The molecule has 0 saturated carbocycles. The minimum absolute atomic E-state index is 0.618. The number of hydrogen-bond acceptors (Lipinski definition) is 3. The van der Waals surface area contributed by atoms with Crippen molar-refractivity contribution in [3.63, 3.8) is 0 Å². The second-order valence-corrected chi connectivity index (χ2v) is 7.09. The highest BCUT2D eigenvalue weighted by Gasteiger charge is 2.36. The molecule has 1 aromatic rings. The fourth-order valence-corrected chi connectivity index (χ4v) is 4.44. The quantitative estimate of drug-likeness (QED) is 0.899. The van der Waals surface area contributed by atoms with Crippen LogP contribution in [0.5, 0.6) is 0 Å². The molecular formula is C17H22BrN3. The Morgan fingerprint density at radius 1 is 1.33 bits per heavy atom. The van der Waals surface area contributed by atoms with Crippen molar-refractivity contribution in [3.8, 4) is 6.07 Å². The summed E-state index contributed by atoms with van der Waals surface area (Å²) in [6.07, 6.45) is 6.28. The molecule has 2 saturated heterocycles. The topological polar surface area (TPSA) is 39.1 Å². The van der Waals surface area contributed by atoms with Crippen LogP contribution >= 0.6 is 15.9 Å². The average Bonchev–Trinajstić information content (AvgIpc) is 2.83. The van der Waals surface area contributed by atoms with E-state index >= 15 is 0 Å². The van der Waals surface area contributed by atoms with Crippen LogP contribution in [0.25, 0.3) is 0 Å². The van der Waals surface area contributed by atoms with Gasteiger partial charge in [0, 0.05) is 29.1 Å². The number of piperidine rings is 1. The number of rotatable bonds is 4. The van der Waals surface area contributed by atoms with Gasteiger partial charge >= 0.3 is 0 Å². The molecule has 21 heavy (non-hydrogen) atoms. The molecule has 2 bridgehead atoms. The molecule has 112 valence electrons. The predicted molar refractivity (Wildman–Crippen MR) is 89.5 cm³/mol. The van der Waals surface area contributed by atoms with Crippen LogP contribution in [0.3, 0.4) is 0 Å². The molecule has 3 rings (SSSR count). The van der Waals surface area contributed by atoms with Gasteiger partial charge in [-0.2, -0.15) is 5.26 Å². The van der Waals surface area contributed by atoms with Gasteiger partial charge in [0.25, 0.3) is 0 Å². The number of nitrogens with zero attached hydrogens (tertiary/aromatic N) is 2. The summed E-state index contributed by atoms with van der Waals surface area (Å²) in [6.45, 7) is 3.31. The van der Waals surface area contributed by atoms with Gasteiger partial charge in [0.05, 0.1) is 17.3 Å². The van der Waals surface area contributed by atoms with Gasteiger partial charge < -0.3 is 10.2 Å². The molecule has 0 amide bonds. The molecule has 0 aromatic heterocycles. The summed E-state index contributed by atoms with van der Waals surface area (Å²) in [5, 5.41) is 12.7. The average molecular weight is 348 g/mol. The van der Waals surface area contributed by atoms with Gasteiger partial charge in [0.2, 0.25) is 0 Å². The van der Waals surface area contributed by atoms with E-state index in [9.17, 15) is 0 Å². The number of benzene rings is 1. The maximum atomic E-state index is 9.03. The molecule has 2 heterocycles. The van der Waals surface area contributed by atoms with Crippen molar-refractivity contribution >= 4 is 21.6 Å². The highest BCUT2D eigenvalue weighted by atomic mass is 79.9. The number of nitrogens with one attached hydrogen (secondary N) is 1. The molecule has 2 aliphatic rings. The molecular weight excluding hydrogens is 326 g/mol. The largest absolute Gasteiger partial charge is 0.368 e. The summed E-state index contributed by atoms with van der Waals surface area (Å²) in [7, 11) is 0. The Labute approximate surface area is 135 Å². The first kappa shape index (κ1) is 14.9. The van der Waals surface area contributed by atoms with Crippen molar-refractivity contribution in [1.29, 1.82) is 5.26 Å². The SMILES string of the molecule is CCCN(c1ccc(C#N)cc1Br)C1CC2CCC(C1)N2. The van der Waals surface area contributed by atoms with Gasteiger partial charge in [-0.3, -0.25) is 0 Å². The molecule has 1 N–H and O–H groups in total. The number of anilines is 1. The lowest BCUT2D eigenvalue weighted by molar-refractivity contribution is 0.346. The molecule has 2 aliphatic heterocycles. The molecule has 0 radical (unpaired) electrons. The Balaban J connectivity index is 1.86. The van der Waals surface area contributed by atoms with Crippen molar-refractivity contribution in [3.05, 3.63) is 28.2 Å². The van der Waals surface area contributed by atoms with E-state index in [4.69, 9.17) is 5.26 Å². The normalized spacial score (nSPS) is 27.4. The Morgan fingerprint density at radius 2 is 2.05 bits per heavy atom. The third kappa shape index (κ3) is 3.09. The monoisotopic (exact) mass is 347 g/mol. The molecule has 2 fully saturated rings. The smallest absolute Gasteiger partial charge is 0.0992 e. The van der Waals surface area contributed by atoms with E-state index in [2.05, 4.69) is 45.2 Å². The van der Waals surface area contributed by atoms with Crippen LogP contribution in [0.15, 0.2) is 22.7 Å². The molecule has 2 atom stereocenters. The van der Waals surface area contributed by atoms with Crippen LogP contribution in [0, 0.1) is 11.3 Å². The van der Waals surface area contributed by atoms with E-state index in [-0.39, 0.29) is 0 Å². The maximum absolute atomic E-state index is 9.03. The van der Waals surface area contributed by atoms with Crippen molar-refractivity contribution in [2.24, 2.45) is 0 Å². The maximum Gasteiger partial charge on any atom is 0.0992 e. The molecule has 0 spiro atoms. The third-order valence-electron chi connectivity index (χ3n) is 4.74. The minimum Gasteiger partial charge on any atom is -0.368 e. The summed E-state index contributed by atoms with van der Waals surface area (Å²) < 4.78 is 1.04. The second-order valence-electron chi connectivity index (χ2n) is 6.23. The van der Waals surface area contributed by atoms with E-state index in [1.165, 1.54) is 31.4 Å². The van der Waals surface area contributed by atoms with Crippen molar-refractivity contribution < 1.29 is 0 Å². The highest BCUT2D eigenvalue weighted by molar-refractivity contribution is 9.10. The molecule has 3 nitrogen and oxygen atoms in total. The van der Waals surface area contributed by atoms with Gasteiger partial charge in [-0.05, 0) is 66.2 Å². The summed E-state index contributed by atoms with van der Waals surface area (Å²) in [6, 6.07) is 10.2. The third-order valence-corrected chi connectivity index (χ3v) is 5.37. The van der Waals surface area contributed by atoms with Crippen molar-refractivity contribution in [1.82, 2.24) is 5.32 Å². The van der Waals surface area contributed by atoms with Gasteiger partial charge in [-0.25, -0.2) is 0 Å². The van der Waals surface area contributed by atoms with E-state index in [0.29, 0.717) is 23.7 Å². The molecule has 2 unspecified atom stereocenters. The summed E-state index contributed by atoms with van der Waals surface area (Å²) in [5.74, 6) is 0. The number of nitriles is 1. The Morgan fingerprint density at radius 3 is 2.62 bits per heavy atom. The van der Waals surface area contributed by atoms with Crippen LogP contribution in [0.4, 0.5) is 5.69 Å². The van der Waals surface area contributed by atoms with Gasteiger partial charge in [-0.15, -0.1) is 0 Å². The lowest BCUT2D eigenvalue weighted by atomic mass is 9.97.